The lowest BCUT2D eigenvalue weighted by atomic mass is 10.1. The summed E-state index contributed by atoms with van der Waals surface area (Å²) in [6.45, 7) is 0. The molecule has 0 radical (unpaired) electrons. The fourth-order valence-electron chi connectivity index (χ4n) is 3.10. The van der Waals surface area contributed by atoms with Crippen molar-refractivity contribution in [3.8, 4) is 22.1 Å². The lowest BCUT2D eigenvalue weighted by Crippen LogP contribution is -2.35. The van der Waals surface area contributed by atoms with Gasteiger partial charge in [-0.2, -0.15) is 8.78 Å². The molecule has 12 heteroatoms. The second-order valence-electron chi connectivity index (χ2n) is 6.79. The van der Waals surface area contributed by atoms with Gasteiger partial charge in [0.25, 0.3) is 5.91 Å². The standard InChI is InChI=1S/C22H13F4N3O3S2/c1-32-19-17(25)15(23)14(16(24)18(19)26)20(31)29-22(33)27-9-6-7-10(12(30)8-9)21-28-11-4-2-3-5-13(11)34-21/h2-8,30H,1H3,(H2,27,29,31,33). The van der Waals surface area contributed by atoms with Gasteiger partial charge in [0.1, 0.15) is 16.3 Å². The Morgan fingerprint density at radius 3 is 2.35 bits per heavy atom. The number of rotatable bonds is 4. The average molecular weight is 507 g/mol. The van der Waals surface area contributed by atoms with Gasteiger partial charge in [-0.25, -0.2) is 13.8 Å². The van der Waals surface area contributed by atoms with Gasteiger partial charge in [0.05, 0.1) is 22.9 Å². The number of aromatic nitrogens is 1. The van der Waals surface area contributed by atoms with Gasteiger partial charge in [0.2, 0.25) is 11.6 Å². The van der Waals surface area contributed by atoms with E-state index < -0.39 is 45.6 Å². The van der Waals surface area contributed by atoms with E-state index in [2.05, 4.69) is 15.0 Å². The number of anilines is 1. The fraction of sp³-hybridized carbons (Fsp3) is 0.0455. The Morgan fingerprint density at radius 1 is 1.06 bits per heavy atom. The van der Waals surface area contributed by atoms with Crippen LogP contribution in [0.25, 0.3) is 20.8 Å². The van der Waals surface area contributed by atoms with E-state index in [1.165, 1.54) is 23.5 Å². The Labute approximate surface area is 198 Å². The number of nitrogens with one attached hydrogen (secondary N) is 2. The molecule has 174 valence electrons. The number of carbonyl (C=O) groups is 1. The molecule has 34 heavy (non-hydrogen) atoms. The SMILES string of the molecule is COc1c(F)c(F)c(C(=O)NC(=S)Nc2ccc(-c3nc4ccccc4s3)c(O)c2)c(F)c1F. The average Bonchev–Trinajstić information content (AvgIpc) is 3.22. The summed E-state index contributed by atoms with van der Waals surface area (Å²) < 4.78 is 61.2. The molecule has 0 atom stereocenters. The highest BCUT2D eigenvalue weighted by atomic mass is 32.1. The van der Waals surface area contributed by atoms with Crippen molar-refractivity contribution >= 4 is 50.5 Å². The van der Waals surface area contributed by atoms with Crippen LogP contribution in [0.2, 0.25) is 0 Å². The number of thiocarbonyl (C=S) groups is 1. The number of para-hydroxylation sites is 1. The summed E-state index contributed by atoms with van der Waals surface area (Å²) in [5.74, 6) is -10.6. The number of aromatic hydroxyl groups is 1. The Balaban J connectivity index is 1.51. The van der Waals surface area contributed by atoms with Crippen LogP contribution >= 0.6 is 23.6 Å². The number of ether oxygens (including phenoxy) is 1. The molecule has 0 fully saturated rings. The van der Waals surface area contributed by atoms with Gasteiger partial charge < -0.3 is 15.2 Å². The first-order valence-electron chi connectivity index (χ1n) is 9.42. The van der Waals surface area contributed by atoms with Crippen molar-refractivity contribution in [2.75, 3.05) is 12.4 Å². The number of phenolic OH excluding ortho intramolecular Hbond substituents is 1. The minimum Gasteiger partial charge on any atom is -0.507 e. The molecule has 0 aliphatic heterocycles. The molecule has 3 aromatic carbocycles. The van der Waals surface area contributed by atoms with Gasteiger partial charge in [0, 0.05) is 11.8 Å². The summed E-state index contributed by atoms with van der Waals surface area (Å²) in [5.41, 5.74) is -0.0523. The maximum absolute atomic E-state index is 14.1. The number of halogens is 4. The lowest BCUT2D eigenvalue weighted by Gasteiger charge is -2.13. The van der Waals surface area contributed by atoms with Gasteiger partial charge in [0.15, 0.2) is 22.5 Å². The minimum atomic E-state index is -1.94. The van der Waals surface area contributed by atoms with E-state index in [1.54, 1.807) is 6.07 Å². The van der Waals surface area contributed by atoms with Crippen LogP contribution in [0.4, 0.5) is 23.2 Å². The second-order valence-corrected chi connectivity index (χ2v) is 8.23. The van der Waals surface area contributed by atoms with Crippen LogP contribution < -0.4 is 15.4 Å². The smallest absolute Gasteiger partial charge is 0.263 e. The molecule has 0 saturated heterocycles. The number of benzene rings is 3. The number of fused-ring (bicyclic) bond motifs is 1. The molecule has 1 amide bonds. The molecule has 1 heterocycles. The van der Waals surface area contributed by atoms with Gasteiger partial charge in [-0.1, -0.05) is 12.1 Å². The van der Waals surface area contributed by atoms with E-state index in [-0.39, 0.29) is 11.4 Å². The first-order chi connectivity index (χ1) is 16.2. The molecule has 4 aromatic rings. The van der Waals surface area contributed by atoms with Crippen LogP contribution in [0.3, 0.4) is 0 Å². The molecule has 0 aliphatic carbocycles. The molecular weight excluding hydrogens is 494 g/mol. The third-order valence-corrected chi connectivity index (χ3v) is 5.94. The van der Waals surface area contributed by atoms with Crippen LogP contribution in [0, 0.1) is 23.3 Å². The van der Waals surface area contributed by atoms with Crippen molar-refractivity contribution in [3.63, 3.8) is 0 Å². The number of nitrogens with zero attached hydrogens (tertiary/aromatic N) is 1. The summed E-state index contributed by atoms with van der Waals surface area (Å²) in [5, 5.41) is 15.1. The summed E-state index contributed by atoms with van der Waals surface area (Å²) in [6.07, 6.45) is 0. The number of methoxy groups -OCH3 is 1. The molecule has 0 aliphatic rings. The van der Waals surface area contributed by atoms with Gasteiger partial charge in [-0.3, -0.25) is 10.1 Å². The Hall–Kier alpha value is -3.77. The molecule has 6 nitrogen and oxygen atoms in total. The first-order valence-corrected chi connectivity index (χ1v) is 10.6. The van der Waals surface area contributed by atoms with E-state index in [4.69, 9.17) is 12.2 Å². The predicted molar refractivity (Wildman–Crippen MR) is 123 cm³/mol. The van der Waals surface area contributed by atoms with Crippen LogP contribution in [0.5, 0.6) is 11.5 Å². The monoisotopic (exact) mass is 507 g/mol. The van der Waals surface area contributed by atoms with Gasteiger partial charge in [-0.05, 0) is 36.5 Å². The molecular formula is C22H13F4N3O3S2. The van der Waals surface area contributed by atoms with Gasteiger partial charge >= 0.3 is 0 Å². The summed E-state index contributed by atoms with van der Waals surface area (Å²) in [6, 6.07) is 11.8. The van der Waals surface area contributed by atoms with E-state index >= 15 is 0 Å². The molecule has 0 spiro atoms. The zero-order chi connectivity index (χ0) is 24.6. The third-order valence-electron chi connectivity index (χ3n) is 4.66. The molecule has 3 N–H and O–H groups in total. The summed E-state index contributed by atoms with van der Waals surface area (Å²) in [4.78, 5) is 16.7. The number of hydrogen-bond acceptors (Lipinski definition) is 6. The molecule has 0 bridgehead atoms. The van der Waals surface area contributed by atoms with E-state index in [9.17, 15) is 27.5 Å². The van der Waals surface area contributed by atoms with Crippen LogP contribution in [0.1, 0.15) is 10.4 Å². The third kappa shape index (κ3) is 4.24. The van der Waals surface area contributed by atoms with E-state index in [1.807, 2.05) is 29.6 Å². The summed E-state index contributed by atoms with van der Waals surface area (Å²) in [7, 11) is 0.816. The second kappa shape index (κ2) is 9.23. The number of amides is 1. The van der Waals surface area contributed by atoms with Crippen LogP contribution in [0.15, 0.2) is 42.5 Å². The Bertz CT molecular complexity index is 1400. The minimum absolute atomic E-state index is 0.144. The molecule has 1 aromatic heterocycles. The maximum atomic E-state index is 14.1. The number of phenols is 1. The van der Waals surface area contributed by atoms with Crippen molar-refractivity contribution in [1.82, 2.24) is 10.3 Å². The highest BCUT2D eigenvalue weighted by Gasteiger charge is 2.30. The largest absolute Gasteiger partial charge is 0.507 e. The predicted octanol–water partition coefficient (Wildman–Crippen LogP) is 5.36. The van der Waals surface area contributed by atoms with Crippen molar-refractivity contribution in [1.29, 1.82) is 0 Å². The van der Waals surface area contributed by atoms with Crippen molar-refractivity contribution in [3.05, 3.63) is 71.3 Å². The number of thiazole rings is 1. The van der Waals surface area contributed by atoms with Crippen molar-refractivity contribution in [2.24, 2.45) is 0 Å². The van der Waals surface area contributed by atoms with Gasteiger partial charge in [-0.15, -0.1) is 11.3 Å². The molecule has 4 rings (SSSR count). The fourth-order valence-corrected chi connectivity index (χ4v) is 4.31. The van der Waals surface area contributed by atoms with Crippen LogP contribution in [-0.4, -0.2) is 28.2 Å². The lowest BCUT2D eigenvalue weighted by molar-refractivity contribution is 0.0966. The topological polar surface area (TPSA) is 83.5 Å². The maximum Gasteiger partial charge on any atom is 0.263 e. The Kier molecular flexibility index (Phi) is 6.35. The quantitative estimate of drug-likeness (QED) is 0.196. The summed E-state index contributed by atoms with van der Waals surface area (Å²) >= 11 is 6.32. The molecule has 0 unspecified atom stereocenters. The molecule has 0 saturated carbocycles. The van der Waals surface area contributed by atoms with E-state index in [0.717, 1.165) is 17.3 Å². The number of carbonyl (C=O) groups excluding carboxylic acids is 1. The van der Waals surface area contributed by atoms with Crippen LogP contribution in [-0.2, 0) is 0 Å². The van der Waals surface area contributed by atoms with E-state index in [0.29, 0.717) is 10.6 Å². The zero-order valence-electron chi connectivity index (χ0n) is 17.1. The normalized spacial score (nSPS) is 10.9. The van der Waals surface area contributed by atoms with Crippen molar-refractivity contribution < 1.29 is 32.2 Å². The highest BCUT2D eigenvalue weighted by Crippen LogP contribution is 2.36. The first kappa shape index (κ1) is 23.4. The Morgan fingerprint density at radius 2 is 1.74 bits per heavy atom. The van der Waals surface area contributed by atoms with Crippen molar-refractivity contribution in [2.45, 2.75) is 0 Å². The zero-order valence-corrected chi connectivity index (χ0v) is 18.7. The number of hydrogen-bond donors (Lipinski definition) is 3. The highest BCUT2D eigenvalue weighted by molar-refractivity contribution is 7.80.